The normalized spacial score (nSPS) is 11.6. The SMILES string of the molecule is CN(C)C(=O)Oc1ccccc1-c1nc2cc(C(F)(F)F)ccc2s1. The van der Waals surface area contributed by atoms with Crippen molar-refractivity contribution in [2.75, 3.05) is 14.1 Å². The number of nitrogens with zero attached hydrogens (tertiary/aromatic N) is 2. The van der Waals surface area contributed by atoms with Gasteiger partial charge >= 0.3 is 12.3 Å². The van der Waals surface area contributed by atoms with Crippen molar-refractivity contribution in [3.05, 3.63) is 48.0 Å². The molecule has 0 unspecified atom stereocenters. The Morgan fingerprint density at radius 2 is 1.88 bits per heavy atom. The van der Waals surface area contributed by atoms with Crippen LogP contribution in [0.15, 0.2) is 42.5 Å². The number of aromatic nitrogens is 1. The third kappa shape index (κ3) is 3.58. The van der Waals surface area contributed by atoms with Gasteiger partial charge in [0.1, 0.15) is 10.8 Å². The van der Waals surface area contributed by atoms with Gasteiger partial charge in [0.25, 0.3) is 0 Å². The molecule has 3 rings (SSSR count). The Labute approximate surface area is 145 Å². The average molecular weight is 366 g/mol. The molecule has 3 aromatic rings. The lowest BCUT2D eigenvalue weighted by molar-refractivity contribution is -0.137. The Balaban J connectivity index is 2.04. The smallest absolute Gasteiger partial charge is 0.409 e. The summed E-state index contributed by atoms with van der Waals surface area (Å²) in [5.74, 6) is 0.302. The van der Waals surface area contributed by atoms with Crippen LogP contribution in [0.3, 0.4) is 0 Å². The highest BCUT2D eigenvalue weighted by Crippen LogP contribution is 2.38. The molecule has 0 aliphatic heterocycles. The lowest BCUT2D eigenvalue weighted by Crippen LogP contribution is -2.25. The van der Waals surface area contributed by atoms with Gasteiger partial charge in [0.15, 0.2) is 0 Å². The van der Waals surface area contributed by atoms with Crippen molar-refractivity contribution in [2.45, 2.75) is 6.18 Å². The van der Waals surface area contributed by atoms with E-state index in [2.05, 4.69) is 4.98 Å². The minimum Gasteiger partial charge on any atom is -0.409 e. The maximum Gasteiger partial charge on any atom is 0.416 e. The molecule has 0 bridgehead atoms. The fourth-order valence-corrected chi connectivity index (χ4v) is 3.11. The number of benzene rings is 2. The van der Waals surface area contributed by atoms with Crippen LogP contribution in [-0.4, -0.2) is 30.1 Å². The first-order chi connectivity index (χ1) is 11.8. The highest BCUT2D eigenvalue weighted by molar-refractivity contribution is 7.21. The van der Waals surface area contributed by atoms with Crippen molar-refractivity contribution in [3.63, 3.8) is 0 Å². The summed E-state index contributed by atoms with van der Waals surface area (Å²) in [6.45, 7) is 0. The molecule has 25 heavy (non-hydrogen) atoms. The summed E-state index contributed by atoms with van der Waals surface area (Å²) in [6.07, 6.45) is -4.97. The van der Waals surface area contributed by atoms with E-state index >= 15 is 0 Å². The largest absolute Gasteiger partial charge is 0.416 e. The maximum atomic E-state index is 12.8. The zero-order valence-corrected chi connectivity index (χ0v) is 14.1. The molecular weight excluding hydrogens is 353 g/mol. The Morgan fingerprint density at radius 3 is 2.56 bits per heavy atom. The van der Waals surface area contributed by atoms with Crippen molar-refractivity contribution < 1.29 is 22.7 Å². The summed E-state index contributed by atoms with van der Waals surface area (Å²) < 4.78 is 44.5. The van der Waals surface area contributed by atoms with Crippen molar-refractivity contribution in [3.8, 4) is 16.3 Å². The van der Waals surface area contributed by atoms with Gasteiger partial charge in [0.05, 0.1) is 21.3 Å². The number of ether oxygens (including phenoxy) is 1. The number of fused-ring (bicyclic) bond motifs is 1. The summed E-state index contributed by atoms with van der Waals surface area (Å²) in [5.41, 5.74) is 0.0557. The van der Waals surface area contributed by atoms with Crippen LogP contribution in [-0.2, 0) is 6.18 Å². The lowest BCUT2D eigenvalue weighted by atomic mass is 10.2. The van der Waals surface area contributed by atoms with E-state index in [9.17, 15) is 18.0 Å². The molecule has 1 amide bonds. The van der Waals surface area contributed by atoms with Gasteiger partial charge in [-0.2, -0.15) is 13.2 Å². The van der Waals surface area contributed by atoms with Gasteiger partial charge in [-0.3, -0.25) is 0 Å². The first kappa shape index (κ1) is 17.2. The summed E-state index contributed by atoms with van der Waals surface area (Å²) in [7, 11) is 3.11. The third-order valence-electron chi connectivity index (χ3n) is 3.39. The molecule has 0 N–H and O–H groups in total. The quantitative estimate of drug-likeness (QED) is 0.638. The molecule has 0 spiro atoms. The van der Waals surface area contributed by atoms with Crippen LogP contribution in [0.5, 0.6) is 5.75 Å². The van der Waals surface area contributed by atoms with Gasteiger partial charge in [-0.25, -0.2) is 9.78 Å². The maximum absolute atomic E-state index is 12.8. The fourth-order valence-electron chi connectivity index (χ4n) is 2.14. The number of amides is 1. The molecular formula is C17H13F3N2O2S. The number of halogens is 3. The Morgan fingerprint density at radius 1 is 1.16 bits per heavy atom. The second-order valence-corrected chi connectivity index (χ2v) is 6.49. The average Bonchev–Trinajstić information content (AvgIpc) is 2.97. The number of rotatable bonds is 2. The van der Waals surface area contributed by atoms with Crippen molar-refractivity contribution in [1.29, 1.82) is 0 Å². The van der Waals surface area contributed by atoms with E-state index in [1.165, 1.54) is 22.3 Å². The number of alkyl halides is 3. The molecule has 0 radical (unpaired) electrons. The third-order valence-corrected chi connectivity index (χ3v) is 4.46. The summed E-state index contributed by atoms with van der Waals surface area (Å²) in [5, 5.41) is 0.483. The van der Waals surface area contributed by atoms with Crippen LogP contribution in [0, 0.1) is 0 Å². The minimum atomic E-state index is -4.42. The highest BCUT2D eigenvalue weighted by Gasteiger charge is 2.30. The number of thiazole rings is 1. The van der Waals surface area contributed by atoms with Gasteiger partial charge in [-0.15, -0.1) is 11.3 Å². The number of para-hydroxylation sites is 1. The van der Waals surface area contributed by atoms with Gasteiger partial charge in [0.2, 0.25) is 0 Å². The summed E-state index contributed by atoms with van der Waals surface area (Å²) in [6, 6.07) is 10.2. The number of carbonyl (C=O) groups is 1. The van der Waals surface area contributed by atoms with E-state index in [1.54, 1.807) is 38.4 Å². The molecule has 0 saturated carbocycles. The molecule has 4 nitrogen and oxygen atoms in total. The lowest BCUT2D eigenvalue weighted by Gasteiger charge is -2.12. The van der Waals surface area contributed by atoms with E-state index in [0.717, 1.165) is 12.1 Å². The zero-order chi connectivity index (χ0) is 18.2. The molecule has 0 aliphatic rings. The van der Waals surface area contributed by atoms with Crippen molar-refractivity contribution >= 4 is 27.6 Å². The Kier molecular flexibility index (Phi) is 4.38. The van der Waals surface area contributed by atoms with Gasteiger partial charge in [-0.1, -0.05) is 12.1 Å². The Hall–Kier alpha value is -2.61. The molecule has 0 atom stereocenters. The monoisotopic (exact) mass is 366 g/mol. The molecule has 0 fully saturated rings. The predicted octanol–water partition coefficient (Wildman–Crippen LogP) is 5.04. The van der Waals surface area contributed by atoms with Crippen LogP contribution in [0.4, 0.5) is 18.0 Å². The summed E-state index contributed by atoms with van der Waals surface area (Å²) >= 11 is 1.24. The van der Waals surface area contributed by atoms with Gasteiger partial charge < -0.3 is 9.64 Å². The van der Waals surface area contributed by atoms with Crippen LogP contribution < -0.4 is 4.74 Å². The number of hydrogen-bond acceptors (Lipinski definition) is 4. The molecule has 8 heteroatoms. The molecule has 1 heterocycles. The minimum absolute atomic E-state index is 0.253. The van der Waals surface area contributed by atoms with Crippen LogP contribution in [0.1, 0.15) is 5.56 Å². The van der Waals surface area contributed by atoms with Gasteiger partial charge in [0, 0.05) is 14.1 Å². The zero-order valence-electron chi connectivity index (χ0n) is 13.3. The van der Waals surface area contributed by atoms with Crippen LogP contribution in [0.25, 0.3) is 20.8 Å². The molecule has 130 valence electrons. The molecule has 0 saturated heterocycles. The second-order valence-electron chi connectivity index (χ2n) is 5.46. The first-order valence-electron chi connectivity index (χ1n) is 7.22. The molecule has 2 aromatic carbocycles. The topological polar surface area (TPSA) is 42.4 Å². The first-order valence-corrected chi connectivity index (χ1v) is 8.03. The van der Waals surface area contributed by atoms with Crippen LogP contribution >= 0.6 is 11.3 Å². The number of hydrogen-bond donors (Lipinski definition) is 0. The van der Waals surface area contributed by atoms with E-state index < -0.39 is 17.8 Å². The number of carbonyl (C=O) groups excluding carboxylic acids is 1. The van der Waals surface area contributed by atoms with Crippen LogP contribution in [0.2, 0.25) is 0 Å². The second kappa shape index (κ2) is 6.36. The molecule has 1 aromatic heterocycles. The molecule has 0 aliphatic carbocycles. The van der Waals surface area contributed by atoms with Gasteiger partial charge in [-0.05, 0) is 30.3 Å². The Bertz CT molecular complexity index is 935. The van der Waals surface area contributed by atoms with Crippen molar-refractivity contribution in [2.24, 2.45) is 0 Å². The van der Waals surface area contributed by atoms with E-state index in [1.807, 2.05) is 0 Å². The van der Waals surface area contributed by atoms with Crippen molar-refractivity contribution in [1.82, 2.24) is 9.88 Å². The fraction of sp³-hybridized carbons (Fsp3) is 0.176. The van der Waals surface area contributed by atoms with E-state index in [0.29, 0.717) is 21.0 Å². The van der Waals surface area contributed by atoms with E-state index in [-0.39, 0.29) is 5.52 Å². The highest BCUT2D eigenvalue weighted by atomic mass is 32.1. The van der Waals surface area contributed by atoms with E-state index in [4.69, 9.17) is 4.74 Å². The standard InChI is InChI=1S/C17H13F3N2O2S/c1-22(2)16(23)24-13-6-4-3-5-11(13)15-21-12-9-10(17(18,19)20)7-8-14(12)25-15/h3-9H,1-2H3. The predicted molar refractivity (Wildman–Crippen MR) is 89.8 cm³/mol. The summed E-state index contributed by atoms with van der Waals surface area (Å²) in [4.78, 5) is 17.4.